The first-order chi connectivity index (χ1) is 5.31. The summed E-state index contributed by atoms with van der Waals surface area (Å²) >= 11 is 1.63. The van der Waals surface area contributed by atoms with E-state index in [2.05, 4.69) is 5.32 Å². The van der Waals surface area contributed by atoms with Gasteiger partial charge in [0.05, 0.1) is 0 Å². The zero-order valence-corrected chi connectivity index (χ0v) is 7.03. The molecular formula is C8H11NOS. The zero-order chi connectivity index (χ0) is 7.73. The predicted octanol–water partition coefficient (Wildman–Crippen LogP) is 0.929. The van der Waals surface area contributed by atoms with Crippen molar-refractivity contribution in [1.82, 2.24) is 5.32 Å². The minimum absolute atomic E-state index is 0.575. The number of hydrogen-bond acceptors (Lipinski definition) is 3. The van der Waals surface area contributed by atoms with E-state index < -0.39 is 5.60 Å². The van der Waals surface area contributed by atoms with E-state index in [-0.39, 0.29) is 0 Å². The largest absolute Gasteiger partial charge is 0.383 e. The van der Waals surface area contributed by atoms with Crippen molar-refractivity contribution in [1.29, 1.82) is 0 Å². The third kappa shape index (κ3) is 1.20. The molecule has 0 aromatic carbocycles. The van der Waals surface area contributed by atoms with Gasteiger partial charge in [-0.05, 0) is 24.4 Å². The van der Waals surface area contributed by atoms with Gasteiger partial charge < -0.3 is 10.4 Å². The number of nitrogens with one attached hydrogen (secondary N) is 1. The second-order valence-electron chi connectivity index (χ2n) is 2.94. The lowest BCUT2D eigenvalue weighted by Gasteiger charge is -2.18. The quantitative estimate of drug-likeness (QED) is 0.655. The van der Waals surface area contributed by atoms with E-state index in [0.717, 1.165) is 17.8 Å². The van der Waals surface area contributed by atoms with Gasteiger partial charge in [0.15, 0.2) is 0 Å². The van der Waals surface area contributed by atoms with E-state index in [0.29, 0.717) is 6.54 Å². The van der Waals surface area contributed by atoms with Gasteiger partial charge in [-0.1, -0.05) is 6.07 Å². The number of aliphatic hydroxyl groups is 1. The summed E-state index contributed by atoms with van der Waals surface area (Å²) in [6.07, 6.45) is 0.841. The van der Waals surface area contributed by atoms with Crippen molar-refractivity contribution in [3.63, 3.8) is 0 Å². The Morgan fingerprint density at radius 2 is 2.55 bits per heavy atom. The Kier molecular flexibility index (Phi) is 1.71. The molecule has 2 heterocycles. The maximum absolute atomic E-state index is 10.00. The zero-order valence-electron chi connectivity index (χ0n) is 6.21. The molecule has 0 bridgehead atoms. The average molecular weight is 169 g/mol. The lowest BCUT2D eigenvalue weighted by Crippen LogP contribution is -2.26. The van der Waals surface area contributed by atoms with Crippen molar-refractivity contribution in [2.24, 2.45) is 0 Å². The van der Waals surface area contributed by atoms with Crippen LogP contribution in [0.1, 0.15) is 11.3 Å². The fourth-order valence-electron chi connectivity index (χ4n) is 1.43. The molecule has 1 aliphatic heterocycles. The standard InChI is InChI=1S/C8H11NOS/c10-8(3-4-9-6-8)7-2-1-5-11-7/h1-2,5,9-10H,3-4,6H2. The van der Waals surface area contributed by atoms with Crippen molar-refractivity contribution in [3.8, 4) is 0 Å². The monoisotopic (exact) mass is 169 g/mol. The molecule has 60 valence electrons. The Labute approximate surface area is 69.9 Å². The SMILES string of the molecule is OC1(c2cccs2)CCNC1. The van der Waals surface area contributed by atoms with Crippen molar-refractivity contribution in [2.75, 3.05) is 13.1 Å². The molecule has 0 radical (unpaired) electrons. The number of thiophene rings is 1. The van der Waals surface area contributed by atoms with E-state index in [1.165, 1.54) is 0 Å². The van der Waals surface area contributed by atoms with Crippen LogP contribution in [0.5, 0.6) is 0 Å². The van der Waals surface area contributed by atoms with Crippen molar-refractivity contribution in [3.05, 3.63) is 22.4 Å². The van der Waals surface area contributed by atoms with Crippen LogP contribution in [0, 0.1) is 0 Å². The summed E-state index contributed by atoms with van der Waals surface area (Å²) < 4.78 is 0. The summed E-state index contributed by atoms with van der Waals surface area (Å²) in [5.41, 5.74) is -0.575. The summed E-state index contributed by atoms with van der Waals surface area (Å²) in [5.74, 6) is 0. The Hall–Kier alpha value is -0.380. The molecule has 3 heteroatoms. The highest BCUT2D eigenvalue weighted by Gasteiger charge is 2.33. The first-order valence-electron chi connectivity index (χ1n) is 3.78. The minimum Gasteiger partial charge on any atom is -0.383 e. The molecule has 1 aliphatic rings. The molecule has 1 saturated heterocycles. The van der Waals surface area contributed by atoms with Gasteiger partial charge in [-0.2, -0.15) is 0 Å². The molecule has 1 atom stereocenters. The summed E-state index contributed by atoms with van der Waals surface area (Å²) in [7, 11) is 0. The summed E-state index contributed by atoms with van der Waals surface area (Å²) in [5, 5.41) is 15.2. The van der Waals surface area contributed by atoms with Crippen LogP contribution in [0.15, 0.2) is 17.5 Å². The van der Waals surface area contributed by atoms with Crippen LogP contribution in [-0.4, -0.2) is 18.2 Å². The minimum atomic E-state index is -0.575. The molecule has 0 aliphatic carbocycles. The van der Waals surface area contributed by atoms with E-state index in [4.69, 9.17) is 0 Å². The summed E-state index contributed by atoms with van der Waals surface area (Å²) in [6, 6.07) is 3.98. The topological polar surface area (TPSA) is 32.3 Å². The molecule has 0 spiro atoms. The van der Waals surface area contributed by atoms with Gasteiger partial charge in [-0.3, -0.25) is 0 Å². The molecule has 2 N–H and O–H groups in total. The third-order valence-corrected chi connectivity index (χ3v) is 3.18. The molecule has 1 unspecified atom stereocenters. The summed E-state index contributed by atoms with van der Waals surface area (Å²) in [4.78, 5) is 1.09. The van der Waals surface area contributed by atoms with Gasteiger partial charge >= 0.3 is 0 Å². The van der Waals surface area contributed by atoms with Crippen LogP contribution in [0.4, 0.5) is 0 Å². The van der Waals surface area contributed by atoms with Crippen LogP contribution in [0.3, 0.4) is 0 Å². The second kappa shape index (κ2) is 2.59. The molecule has 1 aromatic rings. The first kappa shape index (κ1) is 7.28. The van der Waals surface area contributed by atoms with Gasteiger partial charge in [0.25, 0.3) is 0 Å². The normalized spacial score (nSPS) is 31.0. The Morgan fingerprint density at radius 3 is 3.09 bits per heavy atom. The van der Waals surface area contributed by atoms with E-state index >= 15 is 0 Å². The van der Waals surface area contributed by atoms with E-state index in [1.807, 2.05) is 17.5 Å². The fraction of sp³-hybridized carbons (Fsp3) is 0.500. The number of β-amino-alcohol motifs (C(OH)–C–C–N with tert-alkyl or cyclic N) is 1. The van der Waals surface area contributed by atoms with Gasteiger partial charge in [0.2, 0.25) is 0 Å². The molecule has 1 aromatic heterocycles. The first-order valence-corrected chi connectivity index (χ1v) is 4.66. The van der Waals surface area contributed by atoms with Gasteiger partial charge in [-0.25, -0.2) is 0 Å². The third-order valence-electron chi connectivity index (χ3n) is 2.11. The van der Waals surface area contributed by atoms with Crippen LogP contribution < -0.4 is 5.32 Å². The lowest BCUT2D eigenvalue weighted by molar-refractivity contribution is 0.0626. The fourth-order valence-corrected chi connectivity index (χ4v) is 2.29. The predicted molar refractivity (Wildman–Crippen MR) is 45.7 cm³/mol. The molecule has 0 amide bonds. The van der Waals surface area contributed by atoms with Gasteiger partial charge in [-0.15, -0.1) is 11.3 Å². The van der Waals surface area contributed by atoms with Crippen LogP contribution in [-0.2, 0) is 5.60 Å². The Morgan fingerprint density at radius 1 is 1.64 bits per heavy atom. The second-order valence-corrected chi connectivity index (χ2v) is 3.88. The highest BCUT2D eigenvalue weighted by molar-refractivity contribution is 7.10. The summed E-state index contributed by atoms with van der Waals surface area (Å²) in [6.45, 7) is 1.63. The average Bonchev–Trinajstić information content (AvgIpc) is 2.55. The van der Waals surface area contributed by atoms with Crippen LogP contribution in [0.2, 0.25) is 0 Å². The van der Waals surface area contributed by atoms with Crippen LogP contribution in [0.25, 0.3) is 0 Å². The molecule has 1 fully saturated rings. The van der Waals surface area contributed by atoms with Gasteiger partial charge in [0.1, 0.15) is 5.60 Å². The van der Waals surface area contributed by atoms with Crippen molar-refractivity contribution in [2.45, 2.75) is 12.0 Å². The van der Waals surface area contributed by atoms with Crippen molar-refractivity contribution >= 4 is 11.3 Å². The lowest BCUT2D eigenvalue weighted by atomic mass is 10.0. The molecule has 11 heavy (non-hydrogen) atoms. The molecule has 2 rings (SSSR count). The van der Waals surface area contributed by atoms with E-state index in [9.17, 15) is 5.11 Å². The molecular weight excluding hydrogens is 158 g/mol. The highest BCUT2D eigenvalue weighted by Crippen LogP contribution is 2.30. The molecule has 0 saturated carbocycles. The van der Waals surface area contributed by atoms with Crippen LogP contribution >= 0.6 is 11.3 Å². The molecule has 2 nitrogen and oxygen atoms in total. The highest BCUT2D eigenvalue weighted by atomic mass is 32.1. The smallest absolute Gasteiger partial charge is 0.112 e. The maximum atomic E-state index is 10.00. The van der Waals surface area contributed by atoms with Crippen molar-refractivity contribution < 1.29 is 5.11 Å². The van der Waals surface area contributed by atoms with Gasteiger partial charge in [0, 0.05) is 11.4 Å². The Bertz CT molecular complexity index is 226. The number of hydrogen-bond donors (Lipinski definition) is 2. The van der Waals surface area contributed by atoms with E-state index in [1.54, 1.807) is 11.3 Å². The maximum Gasteiger partial charge on any atom is 0.112 e. The Balaban J connectivity index is 2.27. The number of rotatable bonds is 1.